The van der Waals surface area contributed by atoms with Crippen LogP contribution in [0, 0.1) is 10.1 Å². The first-order valence-electron chi connectivity index (χ1n) is 8.76. The van der Waals surface area contributed by atoms with E-state index in [-0.39, 0.29) is 11.6 Å². The van der Waals surface area contributed by atoms with Gasteiger partial charge in [0.1, 0.15) is 0 Å². The van der Waals surface area contributed by atoms with Gasteiger partial charge in [0, 0.05) is 42.2 Å². The van der Waals surface area contributed by atoms with Crippen molar-refractivity contribution < 1.29 is 9.72 Å². The molecule has 0 fully saturated rings. The van der Waals surface area contributed by atoms with E-state index < -0.39 is 4.92 Å². The molecule has 6 heteroatoms. The molecule has 0 unspecified atom stereocenters. The highest BCUT2D eigenvalue weighted by molar-refractivity contribution is 5.96. The molecule has 1 N–H and O–H groups in total. The average molecular weight is 349 g/mol. The number of aromatic amines is 1. The molecular formula is C20H19N3O3. The smallest absolute Gasteiger partial charge is 0.271 e. The lowest BCUT2D eigenvalue weighted by Crippen LogP contribution is -2.28. The SMILES string of the molecule is O=C(CCCc1c[nH]c2ccccc12)N1CCc2ccc([N+](=O)[O-])cc21. The number of hydrogen-bond donors (Lipinski definition) is 1. The fourth-order valence-corrected chi connectivity index (χ4v) is 3.64. The highest BCUT2D eigenvalue weighted by Crippen LogP contribution is 2.32. The summed E-state index contributed by atoms with van der Waals surface area (Å²) in [6.45, 7) is 0.600. The number of fused-ring (bicyclic) bond motifs is 2. The summed E-state index contributed by atoms with van der Waals surface area (Å²) in [5, 5.41) is 12.2. The Kier molecular flexibility index (Phi) is 4.16. The van der Waals surface area contributed by atoms with Crippen molar-refractivity contribution in [2.24, 2.45) is 0 Å². The standard InChI is InChI=1S/C20H19N3O3/c24-20(7-3-4-15-13-21-18-6-2-1-5-17(15)18)22-11-10-14-8-9-16(23(25)26)12-19(14)22/h1-2,5-6,8-9,12-13,21H,3-4,7,10-11H2. The van der Waals surface area contributed by atoms with E-state index in [1.165, 1.54) is 23.1 Å². The molecule has 0 saturated carbocycles. The van der Waals surface area contributed by atoms with Crippen LogP contribution in [-0.2, 0) is 17.6 Å². The Bertz CT molecular complexity index is 993. The number of H-pyrrole nitrogens is 1. The number of nitro groups is 1. The predicted octanol–water partition coefficient (Wildman–Crippen LogP) is 3.99. The number of carbonyl (C=O) groups excluding carboxylic acids is 1. The number of nitrogens with one attached hydrogen (secondary N) is 1. The summed E-state index contributed by atoms with van der Waals surface area (Å²) in [7, 11) is 0. The molecule has 4 rings (SSSR count). The van der Waals surface area contributed by atoms with Crippen molar-refractivity contribution in [2.45, 2.75) is 25.7 Å². The Hall–Kier alpha value is -3.15. The van der Waals surface area contributed by atoms with Gasteiger partial charge in [-0.15, -0.1) is 0 Å². The summed E-state index contributed by atoms with van der Waals surface area (Å²) in [4.78, 5) is 28.1. The van der Waals surface area contributed by atoms with Crippen molar-refractivity contribution in [2.75, 3.05) is 11.4 Å². The Labute approximate surface area is 150 Å². The minimum atomic E-state index is -0.418. The third kappa shape index (κ3) is 2.94. The van der Waals surface area contributed by atoms with Crippen molar-refractivity contribution in [1.82, 2.24) is 4.98 Å². The van der Waals surface area contributed by atoms with Crippen molar-refractivity contribution in [3.8, 4) is 0 Å². The molecule has 2 aromatic carbocycles. The Morgan fingerprint density at radius 2 is 2.08 bits per heavy atom. The van der Waals surface area contributed by atoms with Gasteiger partial charge < -0.3 is 9.88 Å². The number of non-ortho nitro benzene ring substituents is 1. The van der Waals surface area contributed by atoms with Crippen molar-refractivity contribution >= 4 is 28.2 Å². The topological polar surface area (TPSA) is 79.2 Å². The summed E-state index contributed by atoms with van der Waals surface area (Å²) in [6, 6.07) is 12.9. The van der Waals surface area contributed by atoms with Crippen LogP contribution in [0.5, 0.6) is 0 Å². The van der Waals surface area contributed by atoms with Crippen molar-refractivity contribution in [1.29, 1.82) is 0 Å². The van der Waals surface area contributed by atoms with Gasteiger partial charge in [0.05, 0.1) is 10.6 Å². The van der Waals surface area contributed by atoms with Gasteiger partial charge in [0.2, 0.25) is 5.91 Å². The zero-order valence-electron chi connectivity index (χ0n) is 14.3. The molecule has 0 spiro atoms. The van der Waals surface area contributed by atoms with Gasteiger partial charge in [-0.2, -0.15) is 0 Å². The number of hydrogen-bond acceptors (Lipinski definition) is 3. The van der Waals surface area contributed by atoms with Gasteiger partial charge in [0.15, 0.2) is 0 Å². The maximum absolute atomic E-state index is 12.6. The van der Waals surface area contributed by atoms with Crippen LogP contribution >= 0.6 is 0 Å². The Morgan fingerprint density at radius 1 is 1.23 bits per heavy atom. The molecule has 3 aromatic rings. The van der Waals surface area contributed by atoms with Crippen LogP contribution in [0.3, 0.4) is 0 Å². The van der Waals surface area contributed by atoms with E-state index in [1.807, 2.05) is 24.4 Å². The second-order valence-corrected chi connectivity index (χ2v) is 6.58. The van der Waals surface area contributed by atoms with Gasteiger partial charge in [0.25, 0.3) is 5.69 Å². The zero-order chi connectivity index (χ0) is 18.1. The molecular weight excluding hydrogens is 330 g/mol. The van der Waals surface area contributed by atoms with E-state index in [9.17, 15) is 14.9 Å². The van der Waals surface area contributed by atoms with Crippen molar-refractivity contribution in [3.05, 3.63) is 69.9 Å². The number of amides is 1. The lowest BCUT2D eigenvalue weighted by atomic mass is 10.1. The Morgan fingerprint density at radius 3 is 2.92 bits per heavy atom. The van der Waals surface area contributed by atoms with Crippen LogP contribution in [0.1, 0.15) is 24.0 Å². The van der Waals surface area contributed by atoms with Crippen LogP contribution in [0.4, 0.5) is 11.4 Å². The number of para-hydroxylation sites is 1. The second kappa shape index (κ2) is 6.63. The Balaban J connectivity index is 1.42. The summed E-state index contributed by atoms with van der Waals surface area (Å²) < 4.78 is 0. The maximum atomic E-state index is 12.6. The van der Waals surface area contributed by atoms with Crippen LogP contribution < -0.4 is 4.90 Å². The minimum absolute atomic E-state index is 0.0299. The van der Waals surface area contributed by atoms with Gasteiger partial charge >= 0.3 is 0 Å². The second-order valence-electron chi connectivity index (χ2n) is 6.58. The van der Waals surface area contributed by atoms with E-state index >= 15 is 0 Å². The number of aryl methyl sites for hydroxylation is 1. The molecule has 0 radical (unpaired) electrons. The van der Waals surface area contributed by atoms with Crippen LogP contribution in [0.2, 0.25) is 0 Å². The quantitative estimate of drug-likeness (QED) is 0.559. The predicted molar refractivity (Wildman–Crippen MR) is 100 cm³/mol. The first kappa shape index (κ1) is 16.3. The molecule has 26 heavy (non-hydrogen) atoms. The molecule has 0 bridgehead atoms. The summed E-state index contributed by atoms with van der Waals surface area (Å²) in [6.07, 6.45) is 4.76. The van der Waals surface area contributed by atoms with Gasteiger partial charge in [-0.05, 0) is 36.5 Å². The maximum Gasteiger partial charge on any atom is 0.271 e. The lowest BCUT2D eigenvalue weighted by molar-refractivity contribution is -0.384. The average Bonchev–Trinajstić information content (AvgIpc) is 3.25. The molecule has 1 amide bonds. The third-order valence-electron chi connectivity index (χ3n) is 4.99. The molecule has 0 saturated heterocycles. The number of nitrogens with zero attached hydrogens (tertiary/aromatic N) is 2. The normalized spacial score (nSPS) is 13.2. The zero-order valence-corrected chi connectivity index (χ0v) is 14.3. The molecule has 0 atom stereocenters. The van der Waals surface area contributed by atoms with E-state index in [2.05, 4.69) is 11.1 Å². The minimum Gasteiger partial charge on any atom is -0.361 e. The molecule has 2 heterocycles. The first-order chi connectivity index (χ1) is 12.6. The molecule has 1 aliphatic rings. The van der Waals surface area contributed by atoms with E-state index in [4.69, 9.17) is 0 Å². The number of benzene rings is 2. The molecule has 1 aliphatic heterocycles. The number of anilines is 1. The van der Waals surface area contributed by atoms with Crippen LogP contribution in [0.25, 0.3) is 10.9 Å². The van der Waals surface area contributed by atoms with E-state index in [0.29, 0.717) is 18.7 Å². The third-order valence-corrected chi connectivity index (χ3v) is 4.99. The van der Waals surface area contributed by atoms with Gasteiger partial charge in [-0.3, -0.25) is 14.9 Å². The number of carbonyl (C=O) groups is 1. The molecule has 132 valence electrons. The summed E-state index contributed by atoms with van der Waals surface area (Å²) in [5.41, 5.74) is 4.04. The summed E-state index contributed by atoms with van der Waals surface area (Å²) >= 11 is 0. The molecule has 1 aromatic heterocycles. The molecule has 6 nitrogen and oxygen atoms in total. The highest BCUT2D eigenvalue weighted by Gasteiger charge is 2.26. The highest BCUT2D eigenvalue weighted by atomic mass is 16.6. The fraction of sp³-hybridized carbons (Fsp3) is 0.250. The number of rotatable bonds is 5. The van der Waals surface area contributed by atoms with E-state index in [0.717, 1.165) is 30.3 Å². The van der Waals surface area contributed by atoms with Gasteiger partial charge in [-0.25, -0.2) is 0 Å². The molecule has 0 aliphatic carbocycles. The number of aromatic nitrogens is 1. The van der Waals surface area contributed by atoms with E-state index in [1.54, 1.807) is 11.0 Å². The monoisotopic (exact) mass is 349 g/mol. The van der Waals surface area contributed by atoms with Crippen LogP contribution in [-0.4, -0.2) is 22.4 Å². The van der Waals surface area contributed by atoms with Gasteiger partial charge in [-0.1, -0.05) is 24.3 Å². The van der Waals surface area contributed by atoms with Crippen LogP contribution in [0.15, 0.2) is 48.7 Å². The fourth-order valence-electron chi connectivity index (χ4n) is 3.64. The largest absolute Gasteiger partial charge is 0.361 e. The first-order valence-corrected chi connectivity index (χ1v) is 8.76. The summed E-state index contributed by atoms with van der Waals surface area (Å²) in [5.74, 6) is 0.0316. The lowest BCUT2D eigenvalue weighted by Gasteiger charge is -2.17. The number of nitro benzene ring substituents is 1. The van der Waals surface area contributed by atoms with Crippen molar-refractivity contribution in [3.63, 3.8) is 0 Å².